The summed E-state index contributed by atoms with van der Waals surface area (Å²) in [7, 11) is 0. The molecule has 0 radical (unpaired) electrons. The first-order valence-corrected chi connectivity index (χ1v) is 3.65. The van der Waals surface area contributed by atoms with Crippen molar-refractivity contribution in [1.82, 2.24) is 0 Å². The molecule has 0 aliphatic carbocycles. The molecule has 0 fully saturated rings. The molecular weight excluding hydrogens is 144 g/mol. The SMILES string of the molecule is C#CC(=C)S/C(=C\C)CO. The molecule has 0 aromatic heterocycles. The van der Waals surface area contributed by atoms with Gasteiger partial charge in [-0.1, -0.05) is 30.3 Å². The van der Waals surface area contributed by atoms with E-state index in [4.69, 9.17) is 11.5 Å². The predicted molar refractivity (Wildman–Crippen MR) is 46.4 cm³/mol. The van der Waals surface area contributed by atoms with Gasteiger partial charge in [0, 0.05) is 4.91 Å². The van der Waals surface area contributed by atoms with E-state index in [2.05, 4.69) is 12.5 Å². The molecule has 0 saturated carbocycles. The number of hydrogen-bond donors (Lipinski definition) is 1. The lowest BCUT2D eigenvalue weighted by Gasteiger charge is -1.98. The minimum Gasteiger partial charge on any atom is -0.391 e. The van der Waals surface area contributed by atoms with Crippen LogP contribution in [-0.2, 0) is 0 Å². The van der Waals surface area contributed by atoms with Gasteiger partial charge in [0.05, 0.1) is 11.5 Å². The van der Waals surface area contributed by atoms with Gasteiger partial charge in [0.1, 0.15) is 0 Å². The van der Waals surface area contributed by atoms with Crippen molar-refractivity contribution in [3.8, 4) is 12.3 Å². The second kappa shape index (κ2) is 5.16. The van der Waals surface area contributed by atoms with Gasteiger partial charge in [0.15, 0.2) is 0 Å². The molecule has 0 aromatic carbocycles. The van der Waals surface area contributed by atoms with Crippen LogP contribution in [-0.4, -0.2) is 11.7 Å². The summed E-state index contributed by atoms with van der Waals surface area (Å²) < 4.78 is 0. The highest BCUT2D eigenvalue weighted by atomic mass is 32.2. The lowest BCUT2D eigenvalue weighted by Crippen LogP contribution is -1.83. The van der Waals surface area contributed by atoms with Crippen molar-refractivity contribution >= 4 is 11.8 Å². The lowest BCUT2D eigenvalue weighted by molar-refractivity contribution is 0.339. The van der Waals surface area contributed by atoms with Crippen LogP contribution in [0.15, 0.2) is 22.5 Å². The van der Waals surface area contributed by atoms with E-state index in [9.17, 15) is 0 Å². The summed E-state index contributed by atoms with van der Waals surface area (Å²) in [6.07, 6.45) is 6.86. The van der Waals surface area contributed by atoms with Crippen LogP contribution in [0.1, 0.15) is 6.92 Å². The average molecular weight is 154 g/mol. The molecule has 0 aliphatic heterocycles. The number of thioether (sulfide) groups is 1. The molecule has 0 bridgehead atoms. The first-order valence-electron chi connectivity index (χ1n) is 2.84. The lowest BCUT2D eigenvalue weighted by atomic mass is 10.5. The summed E-state index contributed by atoms with van der Waals surface area (Å²) in [5.41, 5.74) is 0. The highest BCUT2D eigenvalue weighted by molar-refractivity contribution is 8.07. The van der Waals surface area contributed by atoms with Crippen LogP contribution in [0.2, 0.25) is 0 Å². The molecule has 0 spiro atoms. The van der Waals surface area contributed by atoms with Crippen LogP contribution in [0.4, 0.5) is 0 Å². The third kappa shape index (κ3) is 3.39. The Labute approximate surface area is 65.8 Å². The Balaban J connectivity index is 3.91. The highest BCUT2D eigenvalue weighted by Crippen LogP contribution is 2.21. The van der Waals surface area contributed by atoms with Gasteiger partial charge in [-0.25, -0.2) is 0 Å². The van der Waals surface area contributed by atoms with E-state index in [0.717, 1.165) is 4.91 Å². The minimum absolute atomic E-state index is 0.0296. The van der Waals surface area contributed by atoms with E-state index < -0.39 is 0 Å². The predicted octanol–water partition coefficient (Wildman–Crippen LogP) is 1.76. The molecule has 0 aromatic rings. The summed E-state index contributed by atoms with van der Waals surface area (Å²) in [4.78, 5) is 1.46. The van der Waals surface area contributed by atoms with Crippen LogP contribution in [0.3, 0.4) is 0 Å². The molecule has 0 saturated heterocycles. The molecule has 0 unspecified atom stereocenters. The zero-order chi connectivity index (χ0) is 7.98. The first kappa shape index (κ1) is 9.35. The smallest absolute Gasteiger partial charge is 0.0741 e. The normalized spacial score (nSPS) is 10.7. The molecule has 0 atom stereocenters. The Morgan fingerprint density at radius 2 is 2.50 bits per heavy atom. The summed E-state index contributed by atoms with van der Waals surface area (Å²) in [6.45, 7) is 5.46. The molecule has 10 heavy (non-hydrogen) atoms. The van der Waals surface area contributed by atoms with Crippen LogP contribution in [0, 0.1) is 12.3 Å². The van der Waals surface area contributed by atoms with Crippen molar-refractivity contribution in [2.45, 2.75) is 6.92 Å². The average Bonchev–Trinajstić information content (AvgIpc) is 1.99. The molecule has 54 valence electrons. The van der Waals surface area contributed by atoms with Gasteiger partial charge < -0.3 is 5.11 Å². The fourth-order valence-corrected chi connectivity index (χ4v) is 0.928. The quantitative estimate of drug-likeness (QED) is 0.625. The number of aliphatic hydroxyl groups excluding tert-OH is 1. The summed E-state index contributed by atoms with van der Waals surface area (Å²) >= 11 is 1.33. The van der Waals surface area contributed by atoms with Gasteiger partial charge >= 0.3 is 0 Å². The van der Waals surface area contributed by atoms with Gasteiger partial charge in [0.2, 0.25) is 0 Å². The van der Waals surface area contributed by atoms with Crippen molar-refractivity contribution < 1.29 is 5.11 Å². The van der Waals surface area contributed by atoms with Gasteiger partial charge in [0.25, 0.3) is 0 Å². The largest absolute Gasteiger partial charge is 0.391 e. The van der Waals surface area contributed by atoms with Crippen molar-refractivity contribution in [1.29, 1.82) is 0 Å². The maximum atomic E-state index is 8.67. The second-order valence-electron chi connectivity index (χ2n) is 1.58. The van der Waals surface area contributed by atoms with E-state index in [1.807, 2.05) is 13.0 Å². The summed E-state index contributed by atoms with van der Waals surface area (Å²) in [5, 5.41) is 8.67. The van der Waals surface area contributed by atoms with E-state index in [1.54, 1.807) is 0 Å². The maximum Gasteiger partial charge on any atom is 0.0741 e. The van der Waals surface area contributed by atoms with E-state index in [-0.39, 0.29) is 6.61 Å². The maximum absolute atomic E-state index is 8.67. The monoisotopic (exact) mass is 154 g/mol. The molecule has 0 amide bonds. The molecule has 0 heterocycles. The second-order valence-corrected chi connectivity index (χ2v) is 2.80. The van der Waals surface area contributed by atoms with Crippen LogP contribution < -0.4 is 0 Å². The van der Waals surface area contributed by atoms with Gasteiger partial charge in [-0.15, -0.1) is 6.42 Å². The number of rotatable bonds is 3. The Kier molecular flexibility index (Phi) is 4.82. The molecule has 0 aliphatic rings. The summed E-state index contributed by atoms with van der Waals surface area (Å²) in [6, 6.07) is 0. The Hall–Kier alpha value is -0.650. The van der Waals surface area contributed by atoms with Gasteiger partial charge in [-0.2, -0.15) is 0 Å². The third-order valence-corrected chi connectivity index (χ3v) is 1.88. The number of allylic oxidation sites excluding steroid dienone is 2. The van der Waals surface area contributed by atoms with Crippen molar-refractivity contribution in [3.63, 3.8) is 0 Å². The van der Waals surface area contributed by atoms with Gasteiger partial charge in [-0.05, 0) is 6.92 Å². The number of terminal acetylenes is 1. The van der Waals surface area contributed by atoms with E-state index >= 15 is 0 Å². The Morgan fingerprint density at radius 3 is 2.80 bits per heavy atom. The van der Waals surface area contributed by atoms with E-state index in [1.165, 1.54) is 11.8 Å². The minimum atomic E-state index is 0.0296. The van der Waals surface area contributed by atoms with E-state index in [0.29, 0.717) is 4.91 Å². The first-order chi connectivity index (χ1) is 4.74. The van der Waals surface area contributed by atoms with Crippen LogP contribution >= 0.6 is 11.8 Å². The Bertz CT molecular complexity index is 186. The Morgan fingerprint density at radius 1 is 1.90 bits per heavy atom. The van der Waals surface area contributed by atoms with Crippen molar-refractivity contribution in [2.24, 2.45) is 0 Å². The molecule has 1 nitrogen and oxygen atoms in total. The molecular formula is C8H10OS. The fourth-order valence-electron chi connectivity index (χ4n) is 0.370. The van der Waals surface area contributed by atoms with Crippen LogP contribution in [0.5, 0.6) is 0 Å². The summed E-state index contributed by atoms with van der Waals surface area (Å²) in [5.74, 6) is 2.38. The van der Waals surface area contributed by atoms with Crippen LogP contribution in [0.25, 0.3) is 0 Å². The standard InChI is InChI=1S/C8H10OS/c1-4-7(3)10-8(5-2)6-9/h1,5,9H,3,6H2,2H3/b8-5-. The molecule has 0 rings (SSSR count). The zero-order valence-electron chi connectivity index (χ0n) is 5.92. The van der Waals surface area contributed by atoms with Crippen molar-refractivity contribution in [2.75, 3.05) is 6.61 Å². The topological polar surface area (TPSA) is 20.2 Å². The fraction of sp³-hybridized carbons (Fsp3) is 0.250. The van der Waals surface area contributed by atoms with Crippen molar-refractivity contribution in [3.05, 3.63) is 22.5 Å². The van der Waals surface area contributed by atoms with Gasteiger partial charge in [-0.3, -0.25) is 0 Å². The molecule has 1 N–H and O–H groups in total. The molecule has 2 heteroatoms. The third-order valence-electron chi connectivity index (χ3n) is 0.893. The highest BCUT2D eigenvalue weighted by Gasteiger charge is 1.94. The zero-order valence-corrected chi connectivity index (χ0v) is 6.74. The number of aliphatic hydroxyl groups is 1. The number of hydrogen-bond acceptors (Lipinski definition) is 2.